The summed E-state index contributed by atoms with van der Waals surface area (Å²) >= 11 is 6.67. The van der Waals surface area contributed by atoms with Crippen molar-refractivity contribution in [3.05, 3.63) is 33.3 Å². The molecule has 1 aromatic heterocycles. The first-order chi connectivity index (χ1) is 9.13. The van der Waals surface area contributed by atoms with Crippen molar-refractivity contribution in [2.45, 2.75) is 0 Å². The Balaban J connectivity index is 2.26. The Morgan fingerprint density at radius 2 is 1.84 bits per heavy atom. The molecule has 1 aromatic carbocycles. The van der Waals surface area contributed by atoms with Gasteiger partial charge in [0.2, 0.25) is 5.88 Å². The third-order valence-electron chi connectivity index (χ3n) is 2.22. The minimum atomic E-state index is 0.200. The first-order valence-electron chi connectivity index (χ1n) is 5.22. The van der Waals surface area contributed by atoms with Crippen LogP contribution in [0.25, 0.3) is 0 Å². The maximum absolute atomic E-state index is 5.58. The fourth-order valence-electron chi connectivity index (χ4n) is 1.32. The monoisotopic (exact) mass is 388 g/mol. The molecule has 0 bridgehead atoms. The van der Waals surface area contributed by atoms with Gasteiger partial charge in [0.15, 0.2) is 0 Å². The smallest absolute Gasteiger partial charge is 0.325 e. The minimum Gasteiger partial charge on any atom is -0.497 e. The van der Waals surface area contributed by atoms with Gasteiger partial charge >= 0.3 is 6.01 Å². The maximum Gasteiger partial charge on any atom is 0.325 e. The number of hydrogen-bond acceptors (Lipinski definition) is 5. The van der Waals surface area contributed by atoms with Crippen molar-refractivity contribution in [3.63, 3.8) is 0 Å². The van der Waals surface area contributed by atoms with Crippen molar-refractivity contribution >= 4 is 31.9 Å². The summed E-state index contributed by atoms with van der Waals surface area (Å²) in [6, 6.07) is 5.55. The van der Waals surface area contributed by atoms with E-state index in [0.29, 0.717) is 16.1 Å². The number of methoxy groups -OCH3 is 2. The Labute approximate surface area is 127 Å². The summed E-state index contributed by atoms with van der Waals surface area (Å²) in [6.07, 6.45) is 1.57. The zero-order valence-corrected chi connectivity index (χ0v) is 13.4. The van der Waals surface area contributed by atoms with Gasteiger partial charge in [0, 0.05) is 0 Å². The number of halogens is 2. The predicted octanol–water partition coefficient (Wildman–Crippen LogP) is 3.81. The summed E-state index contributed by atoms with van der Waals surface area (Å²) in [6.45, 7) is 0. The fourth-order valence-corrected chi connectivity index (χ4v) is 2.11. The van der Waals surface area contributed by atoms with Crippen molar-refractivity contribution in [3.8, 4) is 23.4 Å². The van der Waals surface area contributed by atoms with E-state index in [1.165, 1.54) is 7.11 Å². The molecule has 19 heavy (non-hydrogen) atoms. The van der Waals surface area contributed by atoms with Crippen LogP contribution < -0.4 is 14.2 Å². The lowest BCUT2D eigenvalue weighted by atomic mass is 10.3. The summed E-state index contributed by atoms with van der Waals surface area (Å²) in [5, 5.41) is 0. The van der Waals surface area contributed by atoms with Crippen molar-refractivity contribution < 1.29 is 14.2 Å². The quantitative estimate of drug-likeness (QED) is 0.795. The first kappa shape index (κ1) is 14.1. The normalized spacial score (nSPS) is 10.1. The van der Waals surface area contributed by atoms with Crippen molar-refractivity contribution in [1.29, 1.82) is 0 Å². The molecule has 2 aromatic rings. The summed E-state index contributed by atoms with van der Waals surface area (Å²) in [7, 11) is 3.13. The van der Waals surface area contributed by atoms with Gasteiger partial charge in [0.05, 0.1) is 29.4 Å². The summed E-state index contributed by atoms with van der Waals surface area (Å²) < 4.78 is 17.2. The minimum absolute atomic E-state index is 0.200. The summed E-state index contributed by atoms with van der Waals surface area (Å²) in [5.74, 6) is 1.73. The molecule has 0 spiro atoms. The molecule has 0 amide bonds. The van der Waals surface area contributed by atoms with Crippen LogP contribution in [0.1, 0.15) is 0 Å². The van der Waals surface area contributed by atoms with E-state index in [2.05, 4.69) is 41.8 Å². The molecule has 1 heterocycles. The van der Waals surface area contributed by atoms with E-state index in [1.54, 1.807) is 31.5 Å². The zero-order valence-electron chi connectivity index (χ0n) is 10.2. The summed E-state index contributed by atoms with van der Waals surface area (Å²) in [4.78, 5) is 8.17. The Morgan fingerprint density at radius 3 is 2.47 bits per heavy atom. The molecule has 100 valence electrons. The average molecular weight is 390 g/mol. The highest BCUT2D eigenvalue weighted by molar-refractivity contribution is 9.10. The van der Waals surface area contributed by atoms with Crippen LogP contribution in [-0.2, 0) is 0 Å². The third kappa shape index (κ3) is 3.36. The Kier molecular flexibility index (Phi) is 4.60. The lowest BCUT2D eigenvalue weighted by Gasteiger charge is -2.08. The van der Waals surface area contributed by atoms with Crippen LogP contribution >= 0.6 is 31.9 Å². The molecule has 5 nitrogen and oxygen atoms in total. The molecule has 0 N–H and O–H groups in total. The Hall–Kier alpha value is -1.34. The van der Waals surface area contributed by atoms with Crippen LogP contribution in [-0.4, -0.2) is 24.2 Å². The highest BCUT2D eigenvalue weighted by atomic mass is 79.9. The molecule has 0 atom stereocenters. The number of rotatable bonds is 4. The highest BCUT2D eigenvalue weighted by Gasteiger charge is 2.09. The zero-order chi connectivity index (χ0) is 13.8. The molecule has 0 fully saturated rings. The second-order valence-corrected chi connectivity index (χ2v) is 5.12. The molecule has 0 saturated heterocycles. The highest BCUT2D eigenvalue weighted by Crippen LogP contribution is 2.32. The molecule has 7 heteroatoms. The topological polar surface area (TPSA) is 53.5 Å². The molecule has 0 aliphatic carbocycles. The summed E-state index contributed by atoms with van der Waals surface area (Å²) in [5.41, 5.74) is 0. The predicted molar refractivity (Wildman–Crippen MR) is 77.1 cm³/mol. The van der Waals surface area contributed by atoms with E-state index in [0.717, 1.165) is 10.2 Å². The van der Waals surface area contributed by atoms with Crippen molar-refractivity contribution in [2.24, 2.45) is 0 Å². The van der Waals surface area contributed by atoms with Gasteiger partial charge in [-0.3, -0.25) is 0 Å². The SMILES string of the molecule is COc1ccc(Oc2ncc(Br)c(OC)n2)c(Br)c1. The molecule has 0 aliphatic rings. The third-order valence-corrected chi connectivity index (χ3v) is 3.39. The molecule has 0 aliphatic heterocycles. The first-order valence-corrected chi connectivity index (χ1v) is 6.80. The van der Waals surface area contributed by atoms with Crippen molar-refractivity contribution in [1.82, 2.24) is 9.97 Å². The lowest BCUT2D eigenvalue weighted by molar-refractivity contribution is 0.372. The van der Waals surface area contributed by atoms with Crippen LogP contribution in [0.15, 0.2) is 33.3 Å². The standard InChI is InChI=1S/C12H10Br2N2O3/c1-17-7-3-4-10(8(13)5-7)19-12-15-6-9(14)11(16-12)18-2/h3-6H,1-2H3. The van der Waals surface area contributed by atoms with E-state index in [1.807, 2.05) is 0 Å². The molecule has 0 saturated carbocycles. The number of aromatic nitrogens is 2. The van der Waals surface area contributed by atoms with E-state index >= 15 is 0 Å². The molecular weight excluding hydrogens is 380 g/mol. The van der Waals surface area contributed by atoms with E-state index in [9.17, 15) is 0 Å². The molecule has 0 unspecified atom stereocenters. The fraction of sp³-hybridized carbons (Fsp3) is 0.167. The van der Waals surface area contributed by atoms with Gasteiger partial charge in [-0.25, -0.2) is 4.98 Å². The maximum atomic E-state index is 5.58. The van der Waals surface area contributed by atoms with Gasteiger partial charge < -0.3 is 14.2 Å². The van der Waals surface area contributed by atoms with Gasteiger partial charge in [-0.2, -0.15) is 4.98 Å². The van der Waals surface area contributed by atoms with Crippen LogP contribution in [0.2, 0.25) is 0 Å². The van der Waals surface area contributed by atoms with Gasteiger partial charge in [-0.05, 0) is 50.1 Å². The van der Waals surface area contributed by atoms with E-state index < -0.39 is 0 Å². The second-order valence-electron chi connectivity index (χ2n) is 3.41. The Morgan fingerprint density at radius 1 is 1.05 bits per heavy atom. The Bertz CT molecular complexity index is 593. The van der Waals surface area contributed by atoms with Gasteiger partial charge in [0.1, 0.15) is 11.5 Å². The number of ether oxygens (including phenoxy) is 3. The van der Waals surface area contributed by atoms with E-state index in [4.69, 9.17) is 14.2 Å². The van der Waals surface area contributed by atoms with Crippen LogP contribution in [0.5, 0.6) is 23.4 Å². The molecule has 0 radical (unpaired) electrons. The van der Waals surface area contributed by atoms with Gasteiger partial charge in [-0.1, -0.05) is 0 Å². The number of hydrogen-bond donors (Lipinski definition) is 0. The van der Waals surface area contributed by atoms with E-state index in [-0.39, 0.29) is 6.01 Å². The average Bonchev–Trinajstić information content (AvgIpc) is 2.43. The van der Waals surface area contributed by atoms with Crippen LogP contribution in [0, 0.1) is 0 Å². The lowest BCUT2D eigenvalue weighted by Crippen LogP contribution is -1.96. The second kappa shape index (κ2) is 6.21. The van der Waals surface area contributed by atoms with Crippen molar-refractivity contribution in [2.75, 3.05) is 14.2 Å². The number of nitrogens with zero attached hydrogens (tertiary/aromatic N) is 2. The molecular formula is C12H10Br2N2O3. The van der Waals surface area contributed by atoms with Crippen LogP contribution in [0.3, 0.4) is 0 Å². The van der Waals surface area contributed by atoms with Gasteiger partial charge in [-0.15, -0.1) is 0 Å². The van der Waals surface area contributed by atoms with Crippen LogP contribution in [0.4, 0.5) is 0 Å². The number of benzene rings is 1. The molecule has 2 rings (SSSR count). The van der Waals surface area contributed by atoms with Gasteiger partial charge in [0.25, 0.3) is 0 Å². The largest absolute Gasteiger partial charge is 0.497 e.